The van der Waals surface area contributed by atoms with Crippen molar-refractivity contribution in [3.05, 3.63) is 47.5 Å². The fourth-order valence-electron chi connectivity index (χ4n) is 2.24. The van der Waals surface area contributed by atoms with E-state index in [2.05, 4.69) is 10.6 Å². The van der Waals surface area contributed by atoms with Gasteiger partial charge in [0.15, 0.2) is 0 Å². The first-order chi connectivity index (χ1) is 11.4. The van der Waals surface area contributed by atoms with Crippen molar-refractivity contribution in [2.75, 3.05) is 24.9 Å². The molecule has 0 atom stereocenters. The number of ether oxygens (including phenoxy) is 2. The lowest BCUT2D eigenvalue weighted by Crippen LogP contribution is -2.13. The van der Waals surface area contributed by atoms with Crippen LogP contribution in [0.25, 0.3) is 0 Å². The normalized spacial score (nSPS) is 10.0. The molecule has 0 radical (unpaired) electrons. The monoisotopic (exact) mass is 328 g/mol. The molecule has 0 aliphatic heterocycles. The van der Waals surface area contributed by atoms with Gasteiger partial charge in [0.25, 0.3) is 5.91 Å². The summed E-state index contributed by atoms with van der Waals surface area (Å²) in [5, 5.41) is 5.46. The van der Waals surface area contributed by atoms with Gasteiger partial charge in [-0.05, 0) is 42.8 Å². The molecule has 0 saturated heterocycles. The van der Waals surface area contributed by atoms with Crippen molar-refractivity contribution in [3.8, 4) is 11.5 Å². The molecule has 2 aromatic rings. The lowest BCUT2D eigenvalue weighted by molar-refractivity contribution is -0.114. The van der Waals surface area contributed by atoms with Crippen LogP contribution in [0.4, 0.5) is 11.4 Å². The summed E-state index contributed by atoms with van der Waals surface area (Å²) in [5.41, 5.74) is 2.47. The number of hydrogen-bond acceptors (Lipinski definition) is 4. The number of carbonyl (C=O) groups excluding carboxylic acids is 2. The SMILES string of the molecule is COc1cc(C(=O)Nc2ccc(OC)c(NC(C)=O)c2)ccc1C. The second kappa shape index (κ2) is 7.50. The average molecular weight is 328 g/mol. The third-order valence-electron chi connectivity index (χ3n) is 3.44. The molecule has 0 aliphatic rings. The summed E-state index contributed by atoms with van der Waals surface area (Å²) >= 11 is 0. The molecule has 0 fully saturated rings. The molecule has 0 aromatic heterocycles. The maximum atomic E-state index is 12.4. The summed E-state index contributed by atoms with van der Waals surface area (Å²) in [6, 6.07) is 10.3. The van der Waals surface area contributed by atoms with Crippen LogP contribution in [0.1, 0.15) is 22.8 Å². The van der Waals surface area contributed by atoms with Crippen LogP contribution < -0.4 is 20.1 Å². The van der Waals surface area contributed by atoms with E-state index < -0.39 is 0 Å². The van der Waals surface area contributed by atoms with Gasteiger partial charge in [-0.25, -0.2) is 0 Å². The summed E-state index contributed by atoms with van der Waals surface area (Å²) in [7, 11) is 3.07. The first-order valence-electron chi connectivity index (χ1n) is 7.36. The average Bonchev–Trinajstić information content (AvgIpc) is 2.55. The van der Waals surface area contributed by atoms with Crippen LogP contribution >= 0.6 is 0 Å². The van der Waals surface area contributed by atoms with Crippen LogP contribution in [0, 0.1) is 6.92 Å². The Labute approximate surface area is 140 Å². The number of nitrogens with one attached hydrogen (secondary N) is 2. The van der Waals surface area contributed by atoms with E-state index in [9.17, 15) is 9.59 Å². The molecule has 6 heteroatoms. The summed E-state index contributed by atoms with van der Waals surface area (Å²) in [6.07, 6.45) is 0. The van der Waals surface area contributed by atoms with Crippen molar-refractivity contribution >= 4 is 23.2 Å². The molecule has 0 bridgehead atoms. The number of aryl methyl sites for hydroxylation is 1. The van der Waals surface area contributed by atoms with Crippen LogP contribution in [0.15, 0.2) is 36.4 Å². The van der Waals surface area contributed by atoms with E-state index in [-0.39, 0.29) is 11.8 Å². The van der Waals surface area contributed by atoms with Gasteiger partial charge in [0.2, 0.25) is 5.91 Å². The smallest absolute Gasteiger partial charge is 0.255 e. The van der Waals surface area contributed by atoms with Gasteiger partial charge in [-0.3, -0.25) is 9.59 Å². The number of anilines is 2. The van der Waals surface area contributed by atoms with Gasteiger partial charge >= 0.3 is 0 Å². The van der Waals surface area contributed by atoms with Gasteiger partial charge in [-0.2, -0.15) is 0 Å². The fraction of sp³-hybridized carbons (Fsp3) is 0.222. The van der Waals surface area contributed by atoms with Gasteiger partial charge < -0.3 is 20.1 Å². The second-order valence-electron chi connectivity index (χ2n) is 5.23. The van der Waals surface area contributed by atoms with E-state index in [4.69, 9.17) is 9.47 Å². The molecule has 0 saturated carbocycles. The number of rotatable bonds is 5. The zero-order valence-corrected chi connectivity index (χ0v) is 14.1. The second-order valence-corrected chi connectivity index (χ2v) is 5.23. The van der Waals surface area contributed by atoms with Crippen LogP contribution in [0.3, 0.4) is 0 Å². The summed E-state index contributed by atoms with van der Waals surface area (Å²) < 4.78 is 10.4. The molecule has 24 heavy (non-hydrogen) atoms. The van der Waals surface area contributed by atoms with Crippen molar-refractivity contribution in [3.63, 3.8) is 0 Å². The Hall–Kier alpha value is -3.02. The molecule has 0 unspecified atom stereocenters. The molecule has 0 spiro atoms. The topological polar surface area (TPSA) is 76.7 Å². The van der Waals surface area contributed by atoms with E-state index >= 15 is 0 Å². The highest BCUT2D eigenvalue weighted by Crippen LogP contribution is 2.28. The lowest BCUT2D eigenvalue weighted by atomic mass is 10.1. The maximum Gasteiger partial charge on any atom is 0.255 e. The fourth-order valence-corrected chi connectivity index (χ4v) is 2.24. The molecule has 6 nitrogen and oxygen atoms in total. The zero-order chi connectivity index (χ0) is 17.7. The number of carbonyl (C=O) groups is 2. The van der Waals surface area contributed by atoms with Gasteiger partial charge in [-0.15, -0.1) is 0 Å². The summed E-state index contributed by atoms with van der Waals surface area (Å²) in [5.74, 6) is 0.670. The van der Waals surface area contributed by atoms with E-state index in [1.165, 1.54) is 14.0 Å². The molecule has 0 heterocycles. The highest BCUT2D eigenvalue weighted by atomic mass is 16.5. The molecule has 2 N–H and O–H groups in total. The third kappa shape index (κ3) is 4.04. The van der Waals surface area contributed by atoms with Crippen molar-refractivity contribution in [2.45, 2.75) is 13.8 Å². The Morgan fingerprint density at radius 1 is 0.917 bits per heavy atom. The van der Waals surface area contributed by atoms with Gasteiger partial charge in [0, 0.05) is 18.2 Å². The minimum absolute atomic E-state index is 0.222. The Balaban J connectivity index is 2.24. The molecule has 2 aromatic carbocycles. The number of methoxy groups -OCH3 is 2. The summed E-state index contributed by atoms with van der Waals surface area (Å²) in [4.78, 5) is 23.7. The highest BCUT2D eigenvalue weighted by molar-refractivity contribution is 6.05. The van der Waals surface area contributed by atoms with Crippen LogP contribution in [-0.4, -0.2) is 26.0 Å². The minimum Gasteiger partial charge on any atom is -0.496 e. The van der Waals surface area contributed by atoms with Crippen molar-refractivity contribution in [2.24, 2.45) is 0 Å². The number of benzene rings is 2. The number of hydrogen-bond donors (Lipinski definition) is 2. The molecular formula is C18H20N2O4. The van der Waals surface area contributed by atoms with Gasteiger partial charge in [0.05, 0.1) is 19.9 Å². The van der Waals surface area contributed by atoms with Crippen LogP contribution in [0.5, 0.6) is 11.5 Å². The number of amides is 2. The van der Waals surface area contributed by atoms with Gasteiger partial charge in [-0.1, -0.05) is 6.07 Å². The zero-order valence-electron chi connectivity index (χ0n) is 14.1. The first-order valence-corrected chi connectivity index (χ1v) is 7.36. The minimum atomic E-state index is -0.271. The Bertz CT molecular complexity index is 772. The predicted octanol–water partition coefficient (Wildman–Crippen LogP) is 3.22. The quantitative estimate of drug-likeness (QED) is 0.883. The Morgan fingerprint density at radius 2 is 1.62 bits per heavy atom. The largest absolute Gasteiger partial charge is 0.496 e. The molecule has 0 aliphatic carbocycles. The standard InChI is InChI=1S/C18H20N2O4/c1-11-5-6-13(9-17(11)24-4)18(22)20-14-7-8-16(23-3)15(10-14)19-12(2)21/h5-10H,1-4H3,(H,19,21)(H,20,22). The van der Waals surface area contributed by atoms with E-state index in [1.807, 2.05) is 13.0 Å². The van der Waals surface area contributed by atoms with E-state index in [0.29, 0.717) is 28.4 Å². The van der Waals surface area contributed by atoms with Gasteiger partial charge in [0.1, 0.15) is 11.5 Å². The predicted molar refractivity (Wildman–Crippen MR) is 93.0 cm³/mol. The Morgan fingerprint density at radius 3 is 2.25 bits per heavy atom. The van der Waals surface area contributed by atoms with Crippen LogP contribution in [-0.2, 0) is 4.79 Å². The first kappa shape index (κ1) is 17.3. The molecule has 126 valence electrons. The third-order valence-corrected chi connectivity index (χ3v) is 3.44. The van der Waals surface area contributed by atoms with Crippen molar-refractivity contribution in [1.29, 1.82) is 0 Å². The molecular weight excluding hydrogens is 308 g/mol. The molecule has 2 amide bonds. The lowest BCUT2D eigenvalue weighted by Gasteiger charge is -2.12. The van der Waals surface area contributed by atoms with Crippen LogP contribution in [0.2, 0.25) is 0 Å². The highest BCUT2D eigenvalue weighted by Gasteiger charge is 2.11. The Kier molecular flexibility index (Phi) is 5.42. The van der Waals surface area contributed by atoms with E-state index in [1.54, 1.807) is 37.4 Å². The van der Waals surface area contributed by atoms with E-state index in [0.717, 1.165) is 5.56 Å². The van der Waals surface area contributed by atoms with Crippen molar-refractivity contribution < 1.29 is 19.1 Å². The van der Waals surface area contributed by atoms with Crippen molar-refractivity contribution in [1.82, 2.24) is 0 Å². The summed E-state index contributed by atoms with van der Waals surface area (Å²) in [6.45, 7) is 3.31. The molecule has 2 rings (SSSR count). The maximum absolute atomic E-state index is 12.4.